The molecule has 1 aromatic rings. The number of rotatable bonds is 5. The first kappa shape index (κ1) is 17.1. The SMILES string of the molecule is CC(CO)C(C)NS(=O)(=O)c1ccccc1C(C)(C)C. The molecule has 0 aliphatic heterocycles. The molecule has 0 aliphatic carbocycles. The van der Waals surface area contributed by atoms with E-state index in [-0.39, 0.29) is 24.0 Å². The van der Waals surface area contributed by atoms with Crippen LogP contribution in [-0.2, 0) is 15.4 Å². The van der Waals surface area contributed by atoms with Crippen LogP contribution >= 0.6 is 0 Å². The highest BCUT2D eigenvalue weighted by Crippen LogP contribution is 2.28. The first-order valence-electron chi connectivity index (χ1n) is 6.82. The van der Waals surface area contributed by atoms with Gasteiger partial charge >= 0.3 is 0 Å². The van der Waals surface area contributed by atoms with Gasteiger partial charge in [0, 0.05) is 12.6 Å². The van der Waals surface area contributed by atoms with Crippen LogP contribution in [0.1, 0.15) is 40.2 Å². The lowest BCUT2D eigenvalue weighted by Gasteiger charge is -2.25. The minimum atomic E-state index is -3.59. The summed E-state index contributed by atoms with van der Waals surface area (Å²) in [5.74, 6) is -0.133. The van der Waals surface area contributed by atoms with Gasteiger partial charge in [-0.15, -0.1) is 0 Å². The third-order valence-electron chi connectivity index (χ3n) is 3.47. The fourth-order valence-electron chi connectivity index (χ4n) is 1.90. The van der Waals surface area contributed by atoms with Crippen molar-refractivity contribution in [2.45, 2.75) is 51.0 Å². The normalized spacial score (nSPS) is 15.9. The van der Waals surface area contributed by atoms with Crippen LogP contribution in [0.3, 0.4) is 0 Å². The first-order valence-corrected chi connectivity index (χ1v) is 8.30. The van der Waals surface area contributed by atoms with Gasteiger partial charge in [-0.1, -0.05) is 45.9 Å². The number of benzene rings is 1. The standard InChI is InChI=1S/C15H25NO3S/c1-11(10-17)12(2)16-20(18,19)14-9-7-6-8-13(14)15(3,4)5/h6-9,11-12,16-17H,10H2,1-5H3. The maximum atomic E-state index is 12.5. The van der Waals surface area contributed by atoms with Crippen molar-refractivity contribution in [3.63, 3.8) is 0 Å². The van der Waals surface area contributed by atoms with E-state index < -0.39 is 10.0 Å². The molecule has 2 unspecified atom stereocenters. The molecule has 0 saturated heterocycles. The molecular weight excluding hydrogens is 274 g/mol. The third-order valence-corrected chi connectivity index (χ3v) is 5.08. The summed E-state index contributed by atoms with van der Waals surface area (Å²) in [5.41, 5.74) is 0.535. The minimum absolute atomic E-state index is 0.0510. The van der Waals surface area contributed by atoms with Crippen molar-refractivity contribution in [1.29, 1.82) is 0 Å². The Morgan fingerprint density at radius 3 is 2.25 bits per heavy atom. The number of sulfonamides is 1. The second-order valence-electron chi connectivity index (χ2n) is 6.32. The highest BCUT2D eigenvalue weighted by atomic mass is 32.2. The van der Waals surface area contributed by atoms with Crippen LogP contribution in [0.25, 0.3) is 0 Å². The van der Waals surface area contributed by atoms with Gasteiger partial charge in [0.2, 0.25) is 10.0 Å². The fraction of sp³-hybridized carbons (Fsp3) is 0.600. The second-order valence-corrected chi connectivity index (χ2v) is 8.00. The van der Waals surface area contributed by atoms with Crippen LogP contribution in [0.2, 0.25) is 0 Å². The van der Waals surface area contributed by atoms with Crippen molar-refractivity contribution in [2.24, 2.45) is 5.92 Å². The van der Waals surface area contributed by atoms with E-state index in [1.807, 2.05) is 39.8 Å². The number of hydrogen-bond donors (Lipinski definition) is 2. The zero-order chi connectivity index (χ0) is 15.6. The topological polar surface area (TPSA) is 66.4 Å². The molecule has 1 aromatic carbocycles. The Morgan fingerprint density at radius 2 is 1.75 bits per heavy atom. The summed E-state index contributed by atoms with van der Waals surface area (Å²) in [4.78, 5) is 0.310. The first-order chi connectivity index (χ1) is 9.09. The summed E-state index contributed by atoms with van der Waals surface area (Å²) in [6, 6.07) is 6.72. The quantitative estimate of drug-likeness (QED) is 0.876. The molecule has 0 bridgehead atoms. The van der Waals surface area contributed by atoms with Crippen molar-refractivity contribution in [2.75, 3.05) is 6.61 Å². The lowest BCUT2D eigenvalue weighted by Crippen LogP contribution is -2.39. The maximum Gasteiger partial charge on any atom is 0.241 e. The van der Waals surface area contributed by atoms with Crippen LogP contribution in [0.5, 0.6) is 0 Å². The van der Waals surface area contributed by atoms with E-state index in [4.69, 9.17) is 5.11 Å². The van der Waals surface area contributed by atoms with Crippen LogP contribution in [-0.4, -0.2) is 26.2 Å². The molecule has 20 heavy (non-hydrogen) atoms. The van der Waals surface area contributed by atoms with E-state index in [1.54, 1.807) is 19.1 Å². The highest BCUT2D eigenvalue weighted by molar-refractivity contribution is 7.89. The van der Waals surface area contributed by atoms with Crippen LogP contribution in [0.4, 0.5) is 0 Å². The van der Waals surface area contributed by atoms with Crippen LogP contribution in [0, 0.1) is 5.92 Å². The number of aliphatic hydroxyl groups is 1. The van der Waals surface area contributed by atoms with Gasteiger partial charge in [-0.25, -0.2) is 13.1 Å². The zero-order valence-electron chi connectivity index (χ0n) is 12.8. The molecule has 0 saturated carbocycles. The summed E-state index contributed by atoms with van der Waals surface area (Å²) in [7, 11) is -3.59. The predicted molar refractivity (Wildman–Crippen MR) is 81.2 cm³/mol. The molecule has 1 rings (SSSR count). The fourth-order valence-corrected chi connectivity index (χ4v) is 3.67. The van der Waals surface area contributed by atoms with E-state index in [2.05, 4.69) is 4.72 Å². The molecule has 114 valence electrons. The molecule has 2 atom stereocenters. The van der Waals surface area contributed by atoms with Crippen LogP contribution < -0.4 is 4.72 Å². The van der Waals surface area contributed by atoms with E-state index in [9.17, 15) is 8.42 Å². The summed E-state index contributed by atoms with van der Waals surface area (Å²) >= 11 is 0. The molecule has 0 spiro atoms. The smallest absolute Gasteiger partial charge is 0.241 e. The second kappa shape index (κ2) is 6.24. The summed E-state index contributed by atoms with van der Waals surface area (Å²) in [5, 5.41) is 9.12. The molecule has 0 aliphatic rings. The summed E-state index contributed by atoms with van der Waals surface area (Å²) < 4.78 is 27.7. The Balaban J connectivity index is 3.17. The minimum Gasteiger partial charge on any atom is -0.396 e. The average molecular weight is 299 g/mol. The van der Waals surface area contributed by atoms with E-state index in [0.717, 1.165) is 5.56 Å². The largest absolute Gasteiger partial charge is 0.396 e. The monoisotopic (exact) mass is 299 g/mol. The molecule has 0 heterocycles. The van der Waals surface area contributed by atoms with Crippen LogP contribution in [0.15, 0.2) is 29.2 Å². The molecule has 0 radical (unpaired) electrons. The predicted octanol–water partition coefficient (Wildman–Crippen LogP) is 2.28. The van der Waals surface area contributed by atoms with Gasteiger partial charge in [0.15, 0.2) is 0 Å². The van der Waals surface area contributed by atoms with Crippen molar-refractivity contribution in [3.8, 4) is 0 Å². The number of nitrogens with one attached hydrogen (secondary N) is 1. The van der Waals surface area contributed by atoms with Crippen molar-refractivity contribution >= 4 is 10.0 Å². The van der Waals surface area contributed by atoms with Crippen molar-refractivity contribution < 1.29 is 13.5 Å². The van der Waals surface area contributed by atoms with Crippen molar-refractivity contribution in [1.82, 2.24) is 4.72 Å². The van der Waals surface area contributed by atoms with Gasteiger partial charge in [-0.3, -0.25) is 0 Å². The Labute approximate surface area is 122 Å². The maximum absolute atomic E-state index is 12.5. The molecule has 0 amide bonds. The molecule has 0 aromatic heterocycles. The highest BCUT2D eigenvalue weighted by Gasteiger charge is 2.27. The lowest BCUT2D eigenvalue weighted by molar-refractivity contribution is 0.216. The Morgan fingerprint density at radius 1 is 1.20 bits per heavy atom. The van der Waals surface area contributed by atoms with Gasteiger partial charge < -0.3 is 5.11 Å². The van der Waals surface area contributed by atoms with Gasteiger partial charge in [0.05, 0.1) is 4.90 Å². The molecule has 0 fully saturated rings. The lowest BCUT2D eigenvalue weighted by atomic mass is 9.87. The van der Waals surface area contributed by atoms with Crippen molar-refractivity contribution in [3.05, 3.63) is 29.8 Å². The molecule has 4 nitrogen and oxygen atoms in total. The Bertz CT molecular complexity index is 546. The molecule has 2 N–H and O–H groups in total. The van der Waals surface area contributed by atoms with E-state index in [1.165, 1.54) is 0 Å². The van der Waals surface area contributed by atoms with Gasteiger partial charge in [0.25, 0.3) is 0 Å². The average Bonchev–Trinajstić information content (AvgIpc) is 2.36. The van der Waals surface area contributed by atoms with Gasteiger partial charge in [0.1, 0.15) is 0 Å². The number of hydrogen-bond acceptors (Lipinski definition) is 3. The molecule has 5 heteroatoms. The Hall–Kier alpha value is -0.910. The van der Waals surface area contributed by atoms with E-state index >= 15 is 0 Å². The number of aliphatic hydroxyl groups excluding tert-OH is 1. The molecular formula is C15H25NO3S. The van der Waals surface area contributed by atoms with E-state index in [0.29, 0.717) is 4.90 Å². The third kappa shape index (κ3) is 4.04. The van der Waals surface area contributed by atoms with Gasteiger partial charge in [-0.2, -0.15) is 0 Å². The zero-order valence-corrected chi connectivity index (χ0v) is 13.7. The summed E-state index contributed by atoms with van der Waals surface area (Å²) in [6.07, 6.45) is 0. The summed E-state index contributed by atoms with van der Waals surface area (Å²) in [6.45, 7) is 9.48. The van der Waals surface area contributed by atoms with Gasteiger partial charge in [-0.05, 0) is 29.9 Å². The Kier molecular flexibility index (Phi) is 5.35.